The van der Waals surface area contributed by atoms with Crippen molar-refractivity contribution in [1.82, 2.24) is 4.90 Å². The van der Waals surface area contributed by atoms with E-state index < -0.39 is 0 Å². The van der Waals surface area contributed by atoms with E-state index in [0.29, 0.717) is 12.1 Å². The van der Waals surface area contributed by atoms with Gasteiger partial charge in [-0.1, -0.05) is 36.8 Å². The fourth-order valence-electron chi connectivity index (χ4n) is 3.14. The summed E-state index contributed by atoms with van der Waals surface area (Å²) < 4.78 is 0. The van der Waals surface area contributed by atoms with Crippen LogP contribution in [0.5, 0.6) is 0 Å². The average molecular weight is 263 g/mol. The molecule has 1 aromatic rings. The van der Waals surface area contributed by atoms with Crippen molar-refractivity contribution in [3.63, 3.8) is 0 Å². The summed E-state index contributed by atoms with van der Waals surface area (Å²) in [6.07, 6.45) is 4.73. The minimum Gasteiger partial charge on any atom is -0.396 e. The van der Waals surface area contributed by atoms with Gasteiger partial charge < -0.3 is 15.1 Å². The van der Waals surface area contributed by atoms with Crippen LogP contribution in [0.25, 0.3) is 0 Å². The largest absolute Gasteiger partial charge is 0.396 e. The topological polar surface area (TPSA) is 43.7 Å². The van der Waals surface area contributed by atoms with E-state index in [1.807, 2.05) is 30.3 Å². The number of aliphatic hydroxyl groups is 2. The van der Waals surface area contributed by atoms with Crippen molar-refractivity contribution < 1.29 is 10.2 Å². The molecule has 0 spiro atoms. The second kappa shape index (κ2) is 7.04. The maximum Gasteiger partial charge on any atom is 0.0805 e. The highest BCUT2D eigenvalue weighted by Gasteiger charge is 2.28. The molecular weight excluding hydrogens is 238 g/mol. The molecule has 3 atom stereocenters. The van der Waals surface area contributed by atoms with Gasteiger partial charge in [0.25, 0.3) is 0 Å². The smallest absolute Gasteiger partial charge is 0.0805 e. The van der Waals surface area contributed by atoms with Gasteiger partial charge in [-0.2, -0.15) is 0 Å². The Morgan fingerprint density at radius 2 is 1.89 bits per heavy atom. The molecule has 3 nitrogen and oxygen atoms in total. The van der Waals surface area contributed by atoms with Crippen LogP contribution in [-0.2, 0) is 0 Å². The molecule has 1 heterocycles. The van der Waals surface area contributed by atoms with Crippen LogP contribution in [0.4, 0.5) is 0 Å². The van der Waals surface area contributed by atoms with E-state index in [2.05, 4.69) is 11.9 Å². The number of likely N-dealkylation sites (tertiary alicyclic amines) is 1. The molecule has 2 N–H and O–H groups in total. The molecule has 0 aliphatic carbocycles. The molecule has 1 aliphatic heterocycles. The molecule has 1 saturated heterocycles. The maximum absolute atomic E-state index is 10.3. The first-order valence-corrected chi connectivity index (χ1v) is 7.28. The van der Waals surface area contributed by atoms with Crippen LogP contribution in [0.2, 0.25) is 0 Å². The van der Waals surface area contributed by atoms with Gasteiger partial charge in [-0.05, 0) is 38.3 Å². The summed E-state index contributed by atoms with van der Waals surface area (Å²) >= 11 is 0. The number of rotatable bonds is 5. The first kappa shape index (κ1) is 14.5. The van der Waals surface area contributed by atoms with Gasteiger partial charge in [0.05, 0.1) is 6.10 Å². The van der Waals surface area contributed by atoms with Crippen LogP contribution in [-0.4, -0.2) is 40.9 Å². The summed E-state index contributed by atoms with van der Waals surface area (Å²) in [4.78, 5) is 2.35. The number of piperidine rings is 1. The fraction of sp³-hybridized carbons (Fsp3) is 0.625. The van der Waals surface area contributed by atoms with Gasteiger partial charge in [-0.3, -0.25) is 0 Å². The Morgan fingerprint density at radius 3 is 2.58 bits per heavy atom. The molecule has 0 amide bonds. The van der Waals surface area contributed by atoms with Gasteiger partial charge >= 0.3 is 0 Å². The zero-order valence-electron chi connectivity index (χ0n) is 11.7. The summed E-state index contributed by atoms with van der Waals surface area (Å²) in [5.41, 5.74) is 1.00. The van der Waals surface area contributed by atoms with E-state index in [9.17, 15) is 5.11 Å². The summed E-state index contributed by atoms with van der Waals surface area (Å²) in [6, 6.07) is 10.8. The maximum atomic E-state index is 10.3. The Hall–Kier alpha value is -0.900. The van der Waals surface area contributed by atoms with Gasteiger partial charge in [0.15, 0.2) is 0 Å². The van der Waals surface area contributed by atoms with Gasteiger partial charge in [-0.25, -0.2) is 0 Å². The predicted molar refractivity (Wildman–Crippen MR) is 76.9 cm³/mol. The first-order chi connectivity index (χ1) is 9.22. The highest BCUT2D eigenvalue weighted by molar-refractivity contribution is 5.17. The zero-order valence-corrected chi connectivity index (χ0v) is 11.7. The number of benzene rings is 1. The molecule has 1 aromatic carbocycles. The lowest BCUT2D eigenvalue weighted by Crippen LogP contribution is -2.44. The molecule has 0 aromatic heterocycles. The number of nitrogens with zero attached hydrogens (tertiary/aromatic N) is 1. The van der Waals surface area contributed by atoms with Gasteiger partial charge in [0.1, 0.15) is 0 Å². The molecule has 0 saturated carbocycles. The van der Waals surface area contributed by atoms with E-state index >= 15 is 0 Å². The van der Waals surface area contributed by atoms with Crippen molar-refractivity contribution in [1.29, 1.82) is 0 Å². The van der Waals surface area contributed by atoms with Gasteiger partial charge in [0.2, 0.25) is 0 Å². The third-order valence-electron chi connectivity index (χ3n) is 4.37. The highest BCUT2D eigenvalue weighted by Crippen LogP contribution is 2.29. The molecule has 1 unspecified atom stereocenters. The van der Waals surface area contributed by atoms with Crippen molar-refractivity contribution in [2.45, 2.75) is 50.3 Å². The summed E-state index contributed by atoms with van der Waals surface area (Å²) in [5, 5.41) is 19.4. The van der Waals surface area contributed by atoms with Crippen molar-refractivity contribution in [2.75, 3.05) is 13.7 Å². The molecule has 3 heteroatoms. The zero-order chi connectivity index (χ0) is 13.7. The number of hydrogen-bond donors (Lipinski definition) is 2. The predicted octanol–water partition coefficient (Wildman–Crippen LogP) is 2.35. The van der Waals surface area contributed by atoms with Gasteiger partial charge in [-0.15, -0.1) is 0 Å². The van der Waals surface area contributed by atoms with E-state index in [1.54, 1.807) is 0 Å². The van der Waals surface area contributed by atoms with Crippen LogP contribution in [0.3, 0.4) is 0 Å². The van der Waals surface area contributed by atoms with Crippen LogP contribution >= 0.6 is 0 Å². The second-order valence-electron chi connectivity index (χ2n) is 5.58. The second-order valence-corrected chi connectivity index (χ2v) is 5.58. The van der Waals surface area contributed by atoms with E-state index in [4.69, 9.17) is 5.11 Å². The lowest BCUT2D eigenvalue weighted by molar-refractivity contribution is 0.0515. The highest BCUT2D eigenvalue weighted by atomic mass is 16.3. The quantitative estimate of drug-likeness (QED) is 0.857. The molecule has 1 aliphatic rings. The van der Waals surface area contributed by atoms with Crippen molar-refractivity contribution in [2.24, 2.45) is 0 Å². The molecule has 19 heavy (non-hydrogen) atoms. The Kier molecular flexibility index (Phi) is 5.37. The lowest BCUT2D eigenvalue weighted by Gasteiger charge is -2.40. The Bertz CT molecular complexity index is 366. The molecular formula is C16H25NO2. The molecule has 2 rings (SSSR count). The molecule has 0 radical (unpaired) electrons. The van der Waals surface area contributed by atoms with E-state index in [0.717, 1.165) is 31.2 Å². The standard InChI is InChI=1S/C16H25NO2/c1-17-14(10-11-18)8-5-9-15(17)12-16(19)13-6-3-2-4-7-13/h2-4,6-7,14-16,18-19H,5,8-12H2,1H3/t14-,15+,16?/m1/s1. The summed E-state index contributed by atoms with van der Waals surface area (Å²) in [5.74, 6) is 0. The van der Waals surface area contributed by atoms with Crippen molar-refractivity contribution >= 4 is 0 Å². The monoisotopic (exact) mass is 263 g/mol. The lowest BCUT2D eigenvalue weighted by atomic mass is 9.90. The Balaban J connectivity index is 1.94. The van der Waals surface area contributed by atoms with Crippen LogP contribution in [0.1, 0.15) is 43.8 Å². The molecule has 0 bridgehead atoms. The number of hydrogen-bond acceptors (Lipinski definition) is 3. The Labute approximate surface area is 115 Å². The summed E-state index contributed by atoms with van der Waals surface area (Å²) in [7, 11) is 2.13. The minimum atomic E-state index is -0.387. The number of aliphatic hydroxyl groups excluding tert-OH is 2. The first-order valence-electron chi connectivity index (χ1n) is 7.28. The molecule has 106 valence electrons. The van der Waals surface area contributed by atoms with Crippen LogP contribution in [0.15, 0.2) is 30.3 Å². The third kappa shape index (κ3) is 3.78. The van der Waals surface area contributed by atoms with E-state index in [1.165, 1.54) is 6.42 Å². The fourth-order valence-corrected chi connectivity index (χ4v) is 3.14. The Morgan fingerprint density at radius 1 is 1.21 bits per heavy atom. The van der Waals surface area contributed by atoms with Crippen molar-refractivity contribution in [3.05, 3.63) is 35.9 Å². The van der Waals surface area contributed by atoms with Crippen LogP contribution in [0, 0.1) is 0 Å². The normalized spacial score (nSPS) is 26.3. The average Bonchev–Trinajstić information content (AvgIpc) is 2.44. The SMILES string of the molecule is CN1[C@@H](CCO)CCC[C@H]1CC(O)c1ccccc1. The minimum absolute atomic E-state index is 0.253. The summed E-state index contributed by atoms with van der Waals surface area (Å²) in [6.45, 7) is 0.253. The van der Waals surface area contributed by atoms with E-state index in [-0.39, 0.29) is 12.7 Å². The van der Waals surface area contributed by atoms with Crippen molar-refractivity contribution in [3.8, 4) is 0 Å². The third-order valence-corrected chi connectivity index (χ3v) is 4.37. The molecule has 1 fully saturated rings. The van der Waals surface area contributed by atoms with Crippen LogP contribution < -0.4 is 0 Å². The van der Waals surface area contributed by atoms with Gasteiger partial charge in [0, 0.05) is 18.7 Å².